The molecule has 2 aliphatic rings. The summed E-state index contributed by atoms with van der Waals surface area (Å²) >= 11 is 0. The molecule has 0 saturated heterocycles. The Labute approximate surface area is 138 Å². The Hall–Kier alpha value is -2.64. The number of nitro groups is 1. The van der Waals surface area contributed by atoms with Crippen molar-refractivity contribution >= 4 is 17.8 Å². The number of aromatic hydroxyl groups is 2. The van der Waals surface area contributed by atoms with Crippen LogP contribution in [-0.4, -0.2) is 27.3 Å². The van der Waals surface area contributed by atoms with Gasteiger partial charge in [-0.1, -0.05) is 19.8 Å². The van der Waals surface area contributed by atoms with Gasteiger partial charge in [0.15, 0.2) is 5.75 Å². The molecular weight excluding hydrogens is 314 g/mol. The van der Waals surface area contributed by atoms with E-state index in [2.05, 4.69) is 17.5 Å². The first-order valence-electron chi connectivity index (χ1n) is 7.88. The largest absolute Gasteiger partial charge is 0.507 e. The molecular formula is C16H19N3O5. The van der Waals surface area contributed by atoms with Crippen LogP contribution in [0, 0.1) is 27.4 Å². The van der Waals surface area contributed by atoms with Crippen LogP contribution in [0.15, 0.2) is 17.2 Å². The van der Waals surface area contributed by atoms with Crippen molar-refractivity contribution in [3.05, 3.63) is 27.8 Å². The van der Waals surface area contributed by atoms with Gasteiger partial charge in [-0.2, -0.15) is 5.10 Å². The molecule has 0 radical (unpaired) electrons. The lowest BCUT2D eigenvalue weighted by Gasteiger charge is -2.15. The van der Waals surface area contributed by atoms with Crippen LogP contribution in [0.2, 0.25) is 0 Å². The van der Waals surface area contributed by atoms with Crippen LogP contribution < -0.4 is 5.43 Å². The maximum Gasteiger partial charge on any atom is 0.311 e. The minimum atomic E-state index is -0.763. The van der Waals surface area contributed by atoms with E-state index in [-0.39, 0.29) is 28.6 Å². The zero-order valence-electron chi connectivity index (χ0n) is 13.2. The van der Waals surface area contributed by atoms with Crippen molar-refractivity contribution in [2.45, 2.75) is 32.6 Å². The van der Waals surface area contributed by atoms with E-state index in [0.717, 1.165) is 44.0 Å². The molecule has 2 fully saturated rings. The van der Waals surface area contributed by atoms with Gasteiger partial charge < -0.3 is 10.2 Å². The van der Waals surface area contributed by atoms with Gasteiger partial charge in [-0.3, -0.25) is 14.9 Å². The first kappa shape index (κ1) is 16.2. The lowest BCUT2D eigenvalue weighted by Crippen LogP contribution is -2.22. The summed E-state index contributed by atoms with van der Waals surface area (Å²) in [5, 5.41) is 33.7. The van der Waals surface area contributed by atoms with E-state index in [1.165, 1.54) is 0 Å². The van der Waals surface area contributed by atoms with Crippen LogP contribution >= 0.6 is 0 Å². The highest BCUT2D eigenvalue weighted by Crippen LogP contribution is 2.66. The standard InChI is InChI=1S/C16H19N3O5/c1-16-5-3-2-4-10(16)14(16)15(22)18-17-8-9-6-11(19(23)24)13(21)7-12(9)20/h6-8,10,14,20-21H,2-5H2,1H3,(H,18,22)/b17-8-/t10-,14-,16-/m0/s1. The summed E-state index contributed by atoms with van der Waals surface area (Å²) in [5.74, 6) is -0.783. The molecule has 0 spiro atoms. The zero-order valence-corrected chi connectivity index (χ0v) is 13.2. The SMILES string of the molecule is C[C@]12CCCC[C@H]1[C@H]2C(=O)N/N=C\c1cc([N+](=O)[O-])c(O)cc1O. The second-order valence-corrected chi connectivity index (χ2v) is 6.73. The smallest absolute Gasteiger partial charge is 0.311 e. The summed E-state index contributed by atoms with van der Waals surface area (Å²) in [4.78, 5) is 22.3. The number of nitrogens with one attached hydrogen (secondary N) is 1. The first-order valence-corrected chi connectivity index (χ1v) is 7.88. The van der Waals surface area contributed by atoms with Gasteiger partial charge in [0, 0.05) is 23.6 Å². The number of hydrazone groups is 1. The fraction of sp³-hybridized carbons (Fsp3) is 0.500. The molecule has 3 rings (SSSR count). The molecule has 8 nitrogen and oxygen atoms in total. The van der Waals surface area contributed by atoms with Crippen LogP contribution in [0.25, 0.3) is 0 Å². The Morgan fingerprint density at radius 3 is 2.79 bits per heavy atom. The predicted molar refractivity (Wildman–Crippen MR) is 85.7 cm³/mol. The van der Waals surface area contributed by atoms with E-state index >= 15 is 0 Å². The van der Waals surface area contributed by atoms with Crippen molar-refractivity contribution in [1.82, 2.24) is 5.43 Å². The molecule has 3 atom stereocenters. The molecule has 0 heterocycles. The first-order chi connectivity index (χ1) is 11.3. The van der Waals surface area contributed by atoms with Crippen LogP contribution in [0.4, 0.5) is 5.69 Å². The van der Waals surface area contributed by atoms with Crippen LogP contribution in [0.3, 0.4) is 0 Å². The summed E-state index contributed by atoms with van der Waals surface area (Å²) < 4.78 is 0. The van der Waals surface area contributed by atoms with Crippen molar-refractivity contribution in [2.24, 2.45) is 22.4 Å². The Kier molecular flexibility index (Phi) is 3.90. The highest BCUT2D eigenvalue weighted by molar-refractivity contribution is 5.88. The summed E-state index contributed by atoms with van der Waals surface area (Å²) in [6, 6.07) is 1.87. The van der Waals surface area contributed by atoms with E-state index in [1.54, 1.807) is 0 Å². The van der Waals surface area contributed by atoms with Crippen molar-refractivity contribution in [3.8, 4) is 11.5 Å². The highest BCUT2D eigenvalue weighted by atomic mass is 16.6. The van der Waals surface area contributed by atoms with Gasteiger partial charge in [-0.25, -0.2) is 5.43 Å². The number of benzene rings is 1. The number of hydrogen-bond donors (Lipinski definition) is 3. The third-order valence-corrected chi connectivity index (χ3v) is 5.31. The van der Waals surface area contributed by atoms with Gasteiger partial charge >= 0.3 is 5.69 Å². The number of phenols is 2. The molecule has 2 saturated carbocycles. The lowest BCUT2D eigenvalue weighted by molar-refractivity contribution is -0.385. The summed E-state index contributed by atoms with van der Waals surface area (Å²) in [6.07, 6.45) is 5.53. The number of phenolic OH excluding ortho intramolecular Hbond substituents is 2. The van der Waals surface area contributed by atoms with Gasteiger partial charge in [0.2, 0.25) is 5.91 Å². The van der Waals surface area contributed by atoms with Crippen molar-refractivity contribution in [3.63, 3.8) is 0 Å². The minimum absolute atomic E-state index is 0.0409. The van der Waals surface area contributed by atoms with Crippen LogP contribution in [0.1, 0.15) is 38.2 Å². The summed E-state index contributed by atoms with van der Waals surface area (Å²) in [5.41, 5.74) is 2.02. The Bertz CT molecular complexity index is 733. The number of rotatable bonds is 4. The second-order valence-electron chi connectivity index (χ2n) is 6.73. The molecule has 24 heavy (non-hydrogen) atoms. The molecule has 1 aromatic carbocycles. The molecule has 0 unspecified atom stereocenters. The maximum atomic E-state index is 12.2. The van der Waals surface area contributed by atoms with Crippen molar-refractivity contribution < 1.29 is 19.9 Å². The number of nitrogens with zero attached hydrogens (tertiary/aromatic N) is 2. The number of hydrogen-bond acceptors (Lipinski definition) is 6. The number of carbonyl (C=O) groups excluding carboxylic acids is 1. The molecule has 128 valence electrons. The Morgan fingerprint density at radius 1 is 1.42 bits per heavy atom. The average Bonchev–Trinajstić information content (AvgIpc) is 3.14. The molecule has 3 N–H and O–H groups in total. The van der Waals surface area contributed by atoms with Gasteiger partial charge in [0.25, 0.3) is 0 Å². The predicted octanol–water partition coefficient (Wildman–Crippen LogP) is 2.28. The molecule has 0 aliphatic heterocycles. The summed E-state index contributed by atoms with van der Waals surface area (Å²) in [6.45, 7) is 2.12. The average molecular weight is 333 g/mol. The lowest BCUT2D eigenvalue weighted by atomic mass is 9.90. The minimum Gasteiger partial charge on any atom is -0.507 e. The van der Waals surface area contributed by atoms with Gasteiger partial charge in [-0.05, 0) is 24.2 Å². The zero-order chi connectivity index (χ0) is 17.5. The normalized spacial score (nSPS) is 28.4. The fourth-order valence-electron chi connectivity index (χ4n) is 3.92. The quantitative estimate of drug-likeness (QED) is 0.443. The number of amides is 1. The number of carbonyl (C=O) groups is 1. The fourth-order valence-corrected chi connectivity index (χ4v) is 3.92. The summed E-state index contributed by atoms with van der Waals surface area (Å²) in [7, 11) is 0. The Balaban J connectivity index is 1.68. The monoisotopic (exact) mass is 333 g/mol. The molecule has 0 aromatic heterocycles. The van der Waals surface area contributed by atoms with Crippen molar-refractivity contribution in [2.75, 3.05) is 0 Å². The van der Waals surface area contributed by atoms with Gasteiger partial charge in [0.05, 0.1) is 11.1 Å². The van der Waals surface area contributed by atoms with E-state index in [9.17, 15) is 25.1 Å². The molecule has 1 aromatic rings. The van der Waals surface area contributed by atoms with E-state index in [0.29, 0.717) is 5.92 Å². The third-order valence-electron chi connectivity index (χ3n) is 5.31. The molecule has 2 aliphatic carbocycles. The molecule has 1 amide bonds. The van der Waals surface area contributed by atoms with Crippen molar-refractivity contribution in [1.29, 1.82) is 0 Å². The molecule has 8 heteroatoms. The second kappa shape index (κ2) is 5.77. The molecule has 0 bridgehead atoms. The van der Waals surface area contributed by atoms with E-state index < -0.39 is 16.4 Å². The van der Waals surface area contributed by atoms with Gasteiger partial charge in [-0.15, -0.1) is 0 Å². The van der Waals surface area contributed by atoms with Gasteiger partial charge in [0.1, 0.15) is 5.75 Å². The van der Waals surface area contributed by atoms with E-state index in [4.69, 9.17) is 0 Å². The highest BCUT2D eigenvalue weighted by Gasteiger charge is 2.64. The maximum absolute atomic E-state index is 12.2. The Morgan fingerprint density at radius 2 is 2.17 bits per heavy atom. The number of fused-ring (bicyclic) bond motifs is 1. The van der Waals surface area contributed by atoms with Crippen LogP contribution in [0.5, 0.6) is 11.5 Å². The van der Waals surface area contributed by atoms with E-state index in [1.807, 2.05) is 0 Å². The van der Waals surface area contributed by atoms with Crippen LogP contribution in [-0.2, 0) is 4.79 Å². The third kappa shape index (κ3) is 2.68. The topological polar surface area (TPSA) is 125 Å². The number of nitro benzene ring substituents is 1.